The number of para-hydroxylation sites is 1. The molecule has 1 aromatic heterocycles. The van der Waals surface area contributed by atoms with Gasteiger partial charge in [0.05, 0.1) is 15.5 Å². The summed E-state index contributed by atoms with van der Waals surface area (Å²) >= 11 is 5.32. The van der Waals surface area contributed by atoms with Crippen molar-refractivity contribution in [2.45, 2.75) is 16.7 Å². The molecule has 0 amide bonds. The lowest BCUT2D eigenvalue weighted by Gasteiger charge is -2.13. The highest BCUT2D eigenvalue weighted by Gasteiger charge is 2.16. The maximum Gasteiger partial charge on any atom is 0.264 e. The fraction of sp³-hybridized carbons (Fsp3) is 0.0417. The zero-order valence-corrected chi connectivity index (χ0v) is 21.9. The number of nitrogens with one attached hydrogen (secondary N) is 4. The number of aryl methyl sites for hydroxylation is 1. The van der Waals surface area contributed by atoms with E-state index in [1.165, 1.54) is 36.7 Å². The fourth-order valence-electron chi connectivity index (χ4n) is 3.15. The Morgan fingerprint density at radius 2 is 1.16 bits per heavy atom. The van der Waals surface area contributed by atoms with E-state index < -0.39 is 20.0 Å². The van der Waals surface area contributed by atoms with Gasteiger partial charge in [-0.05, 0) is 85.4 Å². The topological polar surface area (TPSA) is 142 Å². The van der Waals surface area contributed by atoms with E-state index in [4.69, 9.17) is 12.2 Å². The van der Waals surface area contributed by atoms with Crippen LogP contribution >= 0.6 is 12.2 Å². The van der Waals surface area contributed by atoms with E-state index in [1.807, 2.05) is 19.1 Å². The van der Waals surface area contributed by atoms with Gasteiger partial charge in [0.2, 0.25) is 5.95 Å². The van der Waals surface area contributed by atoms with Crippen molar-refractivity contribution in [3.05, 3.63) is 96.8 Å². The first kappa shape index (κ1) is 26.0. The minimum absolute atomic E-state index is 0.0279. The Balaban J connectivity index is 1.36. The molecule has 0 unspecified atom stereocenters. The summed E-state index contributed by atoms with van der Waals surface area (Å²) in [5.41, 5.74) is 2.44. The van der Waals surface area contributed by atoms with Crippen LogP contribution in [-0.2, 0) is 20.0 Å². The molecule has 4 N–H and O–H groups in total. The van der Waals surface area contributed by atoms with Crippen molar-refractivity contribution in [3.63, 3.8) is 0 Å². The summed E-state index contributed by atoms with van der Waals surface area (Å²) in [6.07, 6.45) is 2.86. The lowest BCUT2D eigenvalue weighted by Crippen LogP contribution is -2.19. The van der Waals surface area contributed by atoms with Crippen LogP contribution in [0.4, 0.5) is 23.0 Å². The van der Waals surface area contributed by atoms with Crippen LogP contribution in [0.15, 0.2) is 101 Å². The van der Waals surface area contributed by atoms with Gasteiger partial charge in [-0.15, -0.1) is 0 Å². The molecule has 3 aromatic carbocycles. The van der Waals surface area contributed by atoms with Crippen molar-refractivity contribution in [1.29, 1.82) is 0 Å². The predicted molar refractivity (Wildman–Crippen MR) is 148 cm³/mol. The number of rotatable bonds is 8. The summed E-state index contributed by atoms with van der Waals surface area (Å²) in [5, 5.41) is 6.15. The Bertz CT molecular complexity index is 1610. The molecule has 4 rings (SSSR count). The Labute approximate surface area is 220 Å². The van der Waals surface area contributed by atoms with Crippen LogP contribution in [0.25, 0.3) is 0 Å². The molecule has 0 aliphatic carbocycles. The van der Waals surface area contributed by atoms with Crippen LogP contribution in [-0.4, -0.2) is 31.9 Å². The number of hydrogen-bond acceptors (Lipinski definition) is 7. The molecule has 37 heavy (non-hydrogen) atoms. The second-order valence-electron chi connectivity index (χ2n) is 7.73. The first-order valence-electron chi connectivity index (χ1n) is 10.8. The minimum atomic E-state index is -3.85. The smallest absolute Gasteiger partial charge is 0.264 e. The highest BCUT2D eigenvalue weighted by atomic mass is 32.2. The largest absolute Gasteiger partial charge is 0.332 e. The summed E-state index contributed by atoms with van der Waals surface area (Å²) in [6, 6.07) is 20.7. The van der Waals surface area contributed by atoms with Crippen LogP contribution in [0.1, 0.15) is 5.56 Å². The molecule has 0 saturated carbocycles. The molecular weight excluding hydrogens is 533 g/mol. The van der Waals surface area contributed by atoms with Gasteiger partial charge in [0.15, 0.2) is 5.11 Å². The summed E-state index contributed by atoms with van der Waals surface area (Å²) in [5.74, 6) is -0.0279. The Morgan fingerprint density at radius 3 is 1.68 bits per heavy atom. The molecule has 4 aromatic rings. The van der Waals surface area contributed by atoms with E-state index in [0.29, 0.717) is 17.1 Å². The lowest BCUT2D eigenvalue weighted by molar-refractivity contribution is 0.599. The molecule has 0 fully saturated rings. The number of thiocarbonyl (C=S) groups is 1. The van der Waals surface area contributed by atoms with Gasteiger partial charge in [-0.2, -0.15) is 0 Å². The molecule has 0 spiro atoms. The molecule has 0 atom stereocenters. The Morgan fingerprint density at radius 1 is 0.676 bits per heavy atom. The molecule has 190 valence electrons. The SMILES string of the molecule is Cc1ccccc1NS(=O)(=O)c1ccc(NC(=S)Nc2ccc(S(=O)(=O)Nc3ncccn3)cc2)cc1. The summed E-state index contributed by atoms with van der Waals surface area (Å²) in [7, 11) is -7.61. The van der Waals surface area contributed by atoms with Gasteiger partial charge in [-0.3, -0.25) is 4.72 Å². The summed E-state index contributed by atoms with van der Waals surface area (Å²) in [4.78, 5) is 7.83. The van der Waals surface area contributed by atoms with E-state index in [2.05, 4.69) is 30.0 Å². The van der Waals surface area contributed by atoms with Crippen molar-refractivity contribution >= 4 is 60.4 Å². The van der Waals surface area contributed by atoms with Gasteiger partial charge < -0.3 is 10.6 Å². The van der Waals surface area contributed by atoms with Crippen molar-refractivity contribution in [2.75, 3.05) is 20.1 Å². The van der Waals surface area contributed by atoms with Crippen molar-refractivity contribution < 1.29 is 16.8 Å². The summed E-state index contributed by atoms with van der Waals surface area (Å²) < 4.78 is 55.3. The monoisotopic (exact) mass is 554 g/mol. The van der Waals surface area contributed by atoms with Crippen molar-refractivity contribution in [1.82, 2.24) is 9.97 Å². The molecular formula is C24H22N6O4S3. The van der Waals surface area contributed by atoms with Crippen LogP contribution in [0.5, 0.6) is 0 Å². The van der Waals surface area contributed by atoms with Crippen LogP contribution < -0.4 is 20.1 Å². The number of nitrogens with zero attached hydrogens (tertiary/aromatic N) is 2. The molecule has 1 heterocycles. The van der Waals surface area contributed by atoms with Gasteiger partial charge in [0, 0.05) is 23.8 Å². The van der Waals surface area contributed by atoms with Gasteiger partial charge in [-0.25, -0.2) is 31.5 Å². The lowest BCUT2D eigenvalue weighted by atomic mass is 10.2. The quantitative estimate of drug-likeness (QED) is 0.236. The zero-order chi connectivity index (χ0) is 26.5. The number of anilines is 4. The second-order valence-corrected chi connectivity index (χ2v) is 11.5. The maximum absolute atomic E-state index is 12.7. The zero-order valence-electron chi connectivity index (χ0n) is 19.4. The molecule has 0 radical (unpaired) electrons. The third-order valence-electron chi connectivity index (χ3n) is 5.03. The maximum atomic E-state index is 12.7. The molecule has 13 heteroatoms. The Kier molecular flexibility index (Phi) is 7.66. The molecule has 10 nitrogen and oxygen atoms in total. The van der Waals surface area contributed by atoms with Gasteiger partial charge in [-0.1, -0.05) is 18.2 Å². The van der Waals surface area contributed by atoms with Crippen LogP contribution in [0.2, 0.25) is 0 Å². The highest BCUT2D eigenvalue weighted by Crippen LogP contribution is 2.21. The van der Waals surface area contributed by atoms with Crippen LogP contribution in [0.3, 0.4) is 0 Å². The molecule has 0 bridgehead atoms. The highest BCUT2D eigenvalue weighted by molar-refractivity contribution is 7.93. The van der Waals surface area contributed by atoms with E-state index in [1.54, 1.807) is 42.5 Å². The second kappa shape index (κ2) is 10.9. The molecule has 0 aliphatic rings. The average Bonchev–Trinajstić information content (AvgIpc) is 2.86. The van der Waals surface area contributed by atoms with Crippen LogP contribution in [0, 0.1) is 6.92 Å². The molecule has 0 saturated heterocycles. The third kappa shape index (κ3) is 6.78. The minimum Gasteiger partial charge on any atom is -0.332 e. The predicted octanol–water partition coefficient (Wildman–Crippen LogP) is 4.20. The number of hydrogen-bond donors (Lipinski definition) is 4. The molecule has 0 aliphatic heterocycles. The standard InChI is InChI=1S/C24H22N6O4S3/c1-17-5-2-3-6-22(17)29-36(31,32)20-11-7-18(8-12-20)27-24(35)28-19-9-13-21(14-10-19)37(33,34)30-23-25-15-4-16-26-23/h2-16,29H,1H3,(H,25,26,30)(H2,27,28,35). The van der Waals surface area contributed by atoms with Crippen molar-refractivity contribution in [2.24, 2.45) is 0 Å². The van der Waals surface area contributed by atoms with E-state index in [0.717, 1.165) is 5.56 Å². The van der Waals surface area contributed by atoms with E-state index >= 15 is 0 Å². The van der Waals surface area contributed by atoms with Gasteiger partial charge >= 0.3 is 0 Å². The number of aromatic nitrogens is 2. The number of benzene rings is 3. The van der Waals surface area contributed by atoms with E-state index in [9.17, 15) is 16.8 Å². The normalized spacial score (nSPS) is 11.4. The summed E-state index contributed by atoms with van der Waals surface area (Å²) in [6.45, 7) is 1.82. The third-order valence-corrected chi connectivity index (χ3v) is 7.96. The Hall–Kier alpha value is -4.07. The van der Waals surface area contributed by atoms with Gasteiger partial charge in [0.1, 0.15) is 0 Å². The average molecular weight is 555 g/mol. The number of sulfonamides is 2. The van der Waals surface area contributed by atoms with Crippen molar-refractivity contribution in [3.8, 4) is 0 Å². The first-order chi connectivity index (χ1) is 17.6. The fourth-order valence-corrected chi connectivity index (χ4v) is 5.47. The van der Waals surface area contributed by atoms with E-state index in [-0.39, 0.29) is 20.9 Å². The van der Waals surface area contributed by atoms with Gasteiger partial charge in [0.25, 0.3) is 20.0 Å². The first-order valence-corrected chi connectivity index (χ1v) is 14.2.